The molecule has 20 heavy (non-hydrogen) atoms. The molecule has 1 aliphatic heterocycles. The third-order valence-corrected chi connectivity index (χ3v) is 3.51. The average Bonchev–Trinajstić information content (AvgIpc) is 2.53. The maximum absolute atomic E-state index is 12.5. The maximum atomic E-state index is 12.5. The molecular formula is C15H19NO4. The van der Waals surface area contributed by atoms with Crippen LogP contribution >= 0.6 is 0 Å². The minimum absolute atomic E-state index is 0.00778. The third-order valence-electron chi connectivity index (χ3n) is 3.51. The summed E-state index contributed by atoms with van der Waals surface area (Å²) in [7, 11) is 1.32. The van der Waals surface area contributed by atoms with Crippen LogP contribution in [-0.4, -0.2) is 49.7 Å². The van der Waals surface area contributed by atoms with E-state index < -0.39 is 12.1 Å². The van der Waals surface area contributed by atoms with Crippen molar-refractivity contribution in [2.45, 2.75) is 18.9 Å². The van der Waals surface area contributed by atoms with Gasteiger partial charge in [-0.1, -0.05) is 30.3 Å². The predicted molar refractivity (Wildman–Crippen MR) is 73.2 cm³/mol. The normalized spacial score (nSPS) is 20.3. The number of morpholine rings is 1. The van der Waals surface area contributed by atoms with E-state index in [1.165, 1.54) is 7.11 Å². The molecule has 0 aromatic heterocycles. The molecule has 2 rings (SSSR count). The van der Waals surface area contributed by atoms with Crippen LogP contribution in [0.15, 0.2) is 30.3 Å². The Morgan fingerprint density at radius 2 is 2.05 bits per heavy atom. The fourth-order valence-electron chi connectivity index (χ4n) is 2.28. The molecule has 5 nitrogen and oxygen atoms in total. The van der Waals surface area contributed by atoms with Gasteiger partial charge in [0.2, 0.25) is 5.91 Å². The van der Waals surface area contributed by atoms with E-state index >= 15 is 0 Å². The Morgan fingerprint density at radius 1 is 1.35 bits per heavy atom. The molecule has 5 heteroatoms. The van der Waals surface area contributed by atoms with Crippen molar-refractivity contribution in [3.63, 3.8) is 0 Å². The molecule has 108 valence electrons. The highest BCUT2D eigenvalue weighted by Crippen LogP contribution is 2.19. The molecule has 1 amide bonds. The number of methoxy groups -OCH3 is 1. The fourth-order valence-corrected chi connectivity index (χ4v) is 2.28. The van der Waals surface area contributed by atoms with Gasteiger partial charge in [-0.2, -0.15) is 0 Å². The van der Waals surface area contributed by atoms with Crippen molar-refractivity contribution in [1.29, 1.82) is 0 Å². The molecule has 1 heterocycles. The predicted octanol–water partition coefficient (Wildman–Crippen LogP) is 1.19. The zero-order valence-electron chi connectivity index (χ0n) is 11.7. The summed E-state index contributed by atoms with van der Waals surface area (Å²) in [5.74, 6) is -0.657. The highest BCUT2D eigenvalue weighted by Gasteiger charge is 2.31. The SMILES string of the molecule is COC(=O)C1CN(C(=O)C(C)c2ccccc2)CCO1. The van der Waals surface area contributed by atoms with E-state index in [4.69, 9.17) is 4.74 Å². The second-order valence-corrected chi connectivity index (χ2v) is 4.80. The molecule has 1 aromatic carbocycles. The zero-order chi connectivity index (χ0) is 14.5. The second kappa shape index (κ2) is 6.52. The Kier molecular flexibility index (Phi) is 4.74. The molecule has 1 fully saturated rings. The Labute approximate surface area is 118 Å². The number of amides is 1. The molecule has 2 unspecified atom stereocenters. The first-order valence-electron chi connectivity index (χ1n) is 6.66. The van der Waals surface area contributed by atoms with Crippen molar-refractivity contribution >= 4 is 11.9 Å². The molecule has 0 saturated carbocycles. The van der Waals surface area contributed by atoms with E-state index in [0.717, 1.165) is 5.56 Å². The van der Waals surface area contributed by atoms with E-state index in [-0.39, 0.29) is 18.4 Å². The second-order valence-electron chi connectivity index (χ2n) is 4.80. The first-order chi connectivity index (χ1) is 9.63. The topological polar surface area (TPSA) is 55.8 Å². The molecule has 1 saturated heterocycles. The lowest BCUT2D eigenvalue weighted by Gasteiger charge is -2.33. The largest absolute Gasteiger partial charge is 0.467 e. The number of ether oxygens (including phenoxy) is 2. The molecule has 1 aromatic rings. The number of esters is 1. The number of benzene rings is 1. The van der Waals surface area contributed by atoms with Crippen LogP contribution in [0.4, 0.5) is 0 Å². The van der Waals surface area contributed by atoms with Crippen LogP contribution in [0.1, 0.15) is 18.4 Å². The van der Waals surface area contributed by atoms with Crippen molar-refractivity contribution in [3.8, 4) is 0 Å². The highest BCUT2D eigenvalue weighted by atomic mass is 16.6. The average molecular weight is 277 g/mol. The molecule has 0 bridgehead atoms. The highest BCUT2D eigenvalue weighted by molar-refractivity contribution is 5.84. The summed E-state index contributed by atoms with van der Waals surface area (Å²) in [6, 6.07) is 9.61. The van der Waals surface area contributed by atoms with Gasteiger partial charge >= 0.3 is 5.97 Å². The van der Waals surface area contributed by atoms with Gasteiger partial charge in [0.05, 0.1) is 26.2 Å². The molecule has 0 radical (unpaired) electrons. The van der Waals surface area contributed by atoms with Crippen molar-refractivity contribution in [3.05, 3.63) is 35.9 Å². The minimum atomic E-state index is -0.680. The van der Waals surface area contributed by atoms with Gasteiger partial charge in [0.1, 0.15) is 0 Å². The lowest BCUT2D eigenvalue weighted by molar-refractivity contribution is -0.162. The molecule has 2 atom stereocenters. The van der Waals surface area contributed by atoms with Crippen LogP contribution in [0.25, 0.3) is 0 Å². The van der Waals surface area contributed by atoms with Gasteiger partial charge in [-0.25, -0.2) is 4.79 Å². The van der Waals surface area contributed by atoms with Gasteiger partial charge < -0.3 is 14.4 Å². The van der Waals surface area contributed by atoms with Gasteiger partial charge in [-0.3, -0.25) is 4.79 Å². The monoisotopic (exact) mass is 277 g/mol. The van der Waals surface area contributed by atoms with Crippen molar-refractivity contribution in [1.82, 2.24) is 4.90 Å². The van der Waals surface area contributed by atoms with E-state index in [1.54, 1.807) is 4.90 Å². The molecule has 0 N–H and O–H groups in total. The minimum Gasteiger partial charge on any atom is -0.467 e. The fraction of sp³-hybridized carbons (Fsp3) is 0.467. The summed E-state index contributed by atoms with van der Waals surface area (Å²) in [4.78, 5) is 25.6. The van der Waals surface area contributed by atoms with Crippen LogP contribution in [-0.2, 0) is 19.1 Å². The molecule has 0 aliphatic carbocycles. The Hall–Kier alpha value is -1.88. The van der Waals surface area contributed by atoms with Crippen LogP contribution < -0.4 is 0 Å². The van der Waals surface area contributed by atoms with E-state index in [2.05, 4.69) is 4.74 Å². The van der Waals surface area contributed by atoms with Gasteiger partial charge in [-0.15, -0.1) is 0 Å². The summed E-state index contributed by atoms with van der Waals surface area (Å²) in [5.41, 5.74) is 0.971. The van der Waals surface area contributed by atoms with Crippen LogP contribution in [0.3, 0.4) is 0 Å². The summed E-state index contributed by atoms with van der Waals surface area (Å²) < 4.78 is 9.99. The smallest absolute Gasteiger partial charge is 0.336 e. The number of hydrogen-bond donors (Lipinski definition) is 0. The number of hydrogen-bond acceptors (Lipinski definition) is 4. The Morgan fingerprint density at radius 3 is 2.70 bits per heavy atom. The molecule has 0 spiro atoms. The Bertz CT molecular complexity index is 474. The number of nitrogens with zero attached hydrogens (tertiary/aromatic N) is 1. The van der Waals surface area contributed by atoms with Crippen LogP contribution in [0.2, 0.25) is 0 Å². The summed E-state index contributed by atoms with van der Waals surface area (Å²) >= 11 is 0. The lowest BCUT2D eigenvalue weighted by atomic mass is 9.99. The van der Waals surface area contributed by atoms with Crippen LogP contribution in [0.5, 0.6) is 0 Å². The first kappa shape index (κ1) is 14.5. The maximum Gasteiger partial charge on any atom is 0.336 e. The van der Waals surface area contributed by atoms with Crippen molar-refractivity contribution < 1.29 is 19.1 Å². The lowest BCUT2D eigenvalue weighted by Crippen LogP contribution is -2.49. The van der Waals surface area contributed by atoms with E-state index in [0.29, 0.717) is 13.2 Å². The summed E-state index contributed by atoms with van der Waals surface area (Å²) in [6.07, 6.45) is -0.680. The van der Waals surface area contributed by atoms with Crippen molar-refractivity contribution in [2.24, 2.45) is 0 Å². The van der Waals surface area contributed by atoms with E-state index in [9.17, 15) is 9.59 Å². The van der Waals surface area contributed by atoms with Gasteiger partial charge in [0, 0.05) is 6.54 Å². The van der Waals surface area contributed by atoms with E-state index in [1.807, 2.05) is 37.3 Å². The first-order valence-corrected chi connectivity index (χ1v) is 6.66. The van der Waals surface area contributed by atoms with Gasteiger partial charge in [0.15, 0.2) is 6.10 Å². The number of rotatable bonds is 3. The summed E-state index contributed by atoms with van der Waals surface area (Å²) in [6.45, 7) is 2.99. The molecular weight excluding hydrogens is 258 g/mol. The number of carbonyl (C=O) groups is 2. The quantitative estimate of drug-likeness (QED) is 0.779. The zero-order valence-corrected chi connectivity index (χ0v) is 11.7. The van der Waals surface area contributed by atoms with Gasteiger partial charge in [0.25, 0.3) is 0 Å². The summed E-state index contributed by atoms with van der Waals surface area (Å²) in [5, 5.41) is 0. The Balaban J connectivity index is 2.03. The van der Waals surface area contributed by atoms with Crippen molar-refractivity contribution in [2.75, 3.05) is 26.8 Å². The third kappa shape index (κ3) is 3.17. The molecule has 1 aliphatic rings. The van der Waals surface area contributed by atoms with Gasteiger partial charge in [-0.05, 0) is 12.5 Å². The van der Waals surface area contributed by atoms with Crippen LogP contribution in [0, 0.1) is 0 Å². The standard InChI is InChI=1S/C15H19NO4/c1-11(12-6-4-3-5-7-12)14(17)16-8-9-20-13(10-16)15(18)19-2/h3-7,11,13H,8-10H2,1-2H3. The number of carbonyl (C=O) groups excluding carboxylic acids is 2.